The molecule has 2 heterocycles. The molecule has 1 atom stereocenters. The molecule has 31 heavy (non-hydrogen) atoms. The molecule has 166 valence electrons. The number of ether oxygens (including phenoxy) is 1. The molecular formula is C20H25N5O6. The molecule has 1 fully saturated rings. The van der Waals surface area contributed by atoms with Crippen LogP contribution < -0.4 is 21.1 Å². The summed E-state index contributed by atoms with van der Waals surface area (Å²) in [6.07, 6.45) is 0.0984. The largest absolute Gasteiger partial charge is 0.483 e. The van der Waals surface area contributed by atoms with E-state index in [2.05, 4.69) is 10.6 Å². The van der Waals surface area contributed by atoms with Crippen molar-refractivity contribution in [2.24, 2.45) is 5.73 Å². The number of nitrogens with one attached hydrogen (secondary N) is 2. The highest BCUT2D eigenvalue weighted by Crippen LogP contribution is 2.33. The number of carbonyl (C=O) groups excluding carboxylic acids is 5. The number of rotatable bonds is 9. The number of amides is 5. The fourth-order valence-corrected chi connectivity index (χ4v) is 3.52. The van der Waals surface area contributed by atoms with Gasteiger partial charge in [-0.1, -0.05) is 6.07 Å². The van der Waals surface area contributed by atoms with Gasteiger partial charge in [0.05, 0.1) is 11.1 Å². The molecular weight excluding hydrogens is 406 g/mol. The van der Waals surface area contributed by atoms with Crippen LogP contribution in [0.15, 0.2) is 18.2 Å². The monoisotopic (exact) mass is 431 g/mol. The van der Waals surface area contributed by atoms with Gasteiger partial charge in [0.25, 0.3) is 17.7 Å². The van der Waals surface area contributed by atoms with Gasteiger partial charge in [0.2, 0.25) is 11.8 Å². The number of hydrogen-bond acceptors (Lipinski definition) is 8. The first-order chi connectivity index (χ1) is 14.8. The van der Waals surface area contributed by atoms with Crippen molar-refractivity contribution in [2.45, 2.75) is 18.9 Å². The molecule has 0 radical (unpaired) electrons. The van der Waals surface area contributed by atoms with E-state index in [1.165, 1.54) is 18.2 Å². The van der Waals surface area contributed by atoms with Gasteiger partial charge in [0.15, 0.2) is 6.61 Å². The Morgan fingerprint density at radius 1 is 1.26 bits per heavy atom. The van der Waals surface area contributed by atoms with E-state index < -0.39 is 29.7 Å². The van der Waals surface area contributed by atoms with Crippen molar-refractivity contribution < 1.29 is 28.7 Å². The Labute approximate surface area is 178 Å². The number of nitrogens with zero attached hydrogens (tertiary/aromatic N) is 2. The summed E-state index contributed by atoms with van der Waals surface area (Å²) >= 11 is 0. The first kappa shape index (κ1) is 22.4. The molecule has 3 rings (SSSR count). The van der Waals surface area contributed by atoms with Crippen molar-refractivity contribution in [3.05, 3.63) is 29.3 Å². The van der Waals surface area contributed by atoms with Gasteiger partial charge in [0, 0.05) is 32.6 Å². The van der Waals surface area contributed by atoms with E-state index in [4.69, 9.17) is 10.5 Å². The third-order valence-corrected chi connectivity index (χ3v) is 5.12. The number of imide groups is 2. The average molecular weight is 431 g/mol. The van der Waals surface area contributed by atoms with Gasteiger partial charge in [-0.05, 0) is 25.6 Å². The van der Waals surface area contributed by atoms with Crippen LogP contribution >= 0.6 is 0 Å². The lowest BCUT2D eigenvalue weighted by Crippen LogP contribution is -2.54. The van der Waals surface area contributed by atoms with Crippen LogP contribution in [0.25, 0.3) is 0 Å². The van der Waals surface area contributed by atoms with E-state index >= 15 is 0 Å². The summed E-state index contributed by atoms with van der Waals surface area (Å²) in [5, 5.41) is 4.85. The van der Waals surface area contributed by atoms with Crippen molar-refractivity contribution in [3.63, 3.8) is 0 Å². The molecule has 11 nitrogen and oxygen atoms in total. The molecule has 2 aliphatic heterocycles. The van der Waals surface area contributed by atoms with Crippen molar-refractivity contribution in [3.8, 4) is 5.75 Å². The highest BCUT2D eigenvalue weighted by molar-refractivity contribution is 6.24. The molecule has 2 aliphatic rings. The van der Waals surface area contributed by atoms with Gasteiger partial charge < -0.3 is 20.7 Å². The minimum absolute atomic E-state index is 0.00711. The Kier molecular flexibility index (Phi) is 6.98. The van der Waals surface area contributed by atoms with Gasteiger partial charge in [-0.2, -0.15) is 0 Å². The lowest BCUT2D eigenvalue weighted by atomic mass is 10.0. The summed E-state index contributed by atoms with van der Waals surface area (Å²) in [6, 6.07) is 3.42. The third-order valence-electron chi connectivity index (χ3n) is 5.12. The summed E-state index contributed by atoms with van der Waals surface area (Å²) in [4.78, 5) is 64.1. The molecule has 1 aromatic rings. The van der Waals surface area contributed by atoms with Gasteiger partial charge in [-0.25, -0.2) is 0 Å². The molecule has 1 aromatic carbocycles. The van der Waals surface area contributed by atoms with Crippen molar-refractivity contribution >= 4 is 29.5 Å². The van der Waals surface area contributed by atoms with Gasteiger partial charge in [-0.3, -0.25) is 34.2 Å². The highest BCUT2D eigenvalue weighted by atomic mass is 16.5. The summed E-state index contributed by atoms with van der Waals surface area (Å²) < 4.78 is 5.51. The SMILES string of the molecule is CN(CCN)CCNC(=O)COc1cccc2c1C(=O)N(C1CCC(=O)NC1=O)C2=O. The van der Waals surface area contributed by atoms with Gasteiger partial charge in [-0.15, -0.1) is 0 Å². The smallest absolute Gasteiger partial charge is 0.266 e. The Bertz CT molecular complexity index is 917. The average Bonchev–Trinajstić information content (AvgIpc) is 2.98. The van der Waals surface area contributed by atoms with E-state index in [0.29, 0.717) is 26.2 Å². The van der Waals surface area contributed by atoms with Crippen LogP contribution in [0, 0.1) is 0 Å². The summed E-state index contributed by atoms with van der Waals surface area (Å²) in [5.74, 6) is -2.74. The number of nitrogens with two attached hydrogens (primary N) is 1. The number of likely N-dealkylation sites (N-methyl/N-ethyl adjacent to an activating group) is 1. The number of hydrogen-bond donors (Lipinski definition) is 3. The van der Waals surface area contributed by atoms with Crippen molar-refractivity contribution in [1.29, 1.82) is 0 Å². The highest BCUT2D eigenvalue weighted by Gasteiger charge is 2.46. The molecule has 1 unspecified atom stereocenters. The quantitative estimate of drug-likeness (QED) is 0.399. The lowest BCUT2D eigenvalue weighted by Gasteiger charge is -2.27. The predicted molar refractivity (Wildman–Crippen MR) is 108 cm³/mol. The number of fused-ring (bicyclic) bond motifs is 1. The Hall–Kier alpha value is -3.31. The summed E-state index contributed by atoms with van der Waals surface area (Å²) in [6.45, 7) is 1.93. The zero-order valence-corrected chi connectivity index (χ0v) is 17.2. The maximum atomic E-state index is 13.0. The molecule has 0 aliphatic carbocycles. The van der Waals surface area contributed by atoms with Crippen LogP contribution in [0.5, 0.6) is 5.75 Å². The van der Waals surface area contributed by atoms with Crippen molar-refractivity contribution in [2.75, 3.05) is 39.8 Å². The van der Waals surface area contributed by atoms with E-state index in [1.54, 1.807) is 0 Å². The van der Waals surface area contributed by atoms with Crippen LogP contribution in [-0.2, 0) is 14.4 Å². The third kappa shape index (κ3) is 4.89. The minimum Gasteiger partial charge on any atom is -0.483 e. The second kappa shape index (κ2) is 9.67. The van der Waals surface area contributed by atoms with Gasteiger partial charge >= 0.3 is 0 Å². The maximum absolute atomic E-state index is 13.0. The topological polar surface area (TPSA) is 151 Å². The molecule has 0 spiro atoms. The molecule has 0 saturated carbocycles. The normalized spacial score (nSPS) is 18.3. The first-order valence-corrected chi connectivity index (χ1v) is 9.96. The second-order valence-electron chi connectivity index (χ2n) is 7.36. The molecule has 1 saturated heterocycles. The van der Waals surface area contributed by atoms with E-state index in [0.717, 1.165) is 4.90 Å². The number of benzene rings is 1. The number of carbonyl (C=O) groups is 5. The van der Waals surface area contributed by atoms with Crippen LogP contribution in [0.3, 0.4) is 0 Å². The predicted octanol–water partition coefficient (Wildman–Crippen LogP) is -1.53. The Morgan fingerprint density at radius 2 is 2.03 bits per heavy atom. The Balaban J connectivity index is 1.64. The van der Waals surface area contributed by atoms with Crippen LogP contribution in [0.1, 0.15) is 33.6 Å². The van der Waals surface area contributed by atoms with E-state index in [9.17, 15) is 24.0 Å². The summed E-state index contributed by atoms with van der Waals surface area (Å²) in [7, 11) is 1.89. The molecule has 11 heteroatoms. The van der Waals surface area contributed by atoms with Crippen LogP contribution in [0.2, 0.25) is 0 Å². The molecule has 5 amide bonds. The van der Waals surface area contributed by atoms with Gasteiger partial charge in [0.1, 0.15) is 11.8 Å². The first-order valence-electron chi connectivity index (χ1n) is 9.96. The number of piperidine rings is 1. The zero-order valence-electron chi connectivity index (χ0n) is 17.2. The van der Waals surface area contributed by atoms with Crippen molar-refractivity contribution in [1.82, 2.24) is 20.4 Å². The summed E-state index contributed by atoms with van der Waals surface area (Å²) in [5.41, 5.74) is 5.57. The van der Waals surface area contributed by atoms with E-state index in [1.807, 2.05) is 11.9 Å². The van der Waals surface area contributed by atoms with E-state index in [-0.39, 0.29) is 42.2 Å². The minimum atomic E-state index is -1.06. The zero-order chi connectivity index (χ0) is 22.5. The van der Waals surface area contributed by atoms with Crippen LogP contribution in [-0.4, -0.2) is 85.2 Å². The molecule has 4 N–H and O–H groups in total. The maximum Gasteiger partial charge on any atom is 0.266 e. The lowest BCUT2D eigenvalue weighted by molar-refractivity contribution is -0.136. The van der Waals surface area contributed by atoms with Crippen LogP contribution in [0.4, 0.5) is 0 Å². The molecule has 0 aromatic heterocycles. The second-order valence-corrected chi connectivity index (χ2v) is 7.36. The standard InChI is InChI=1S/C20H25N5O6/c1-24(9-7-21)10-8-22-16(27)11-31-14-4-2-3-12-17(14)20(30)25(19(12)29)13-5-6-15(26)23-18(13)28/h2-4,13H,5-11,21H2,1H3,(H,22,27)(H,23,26,28). The Morgan fingerprint density at radius 3 is 2.74 bits per heavy atom. The fourth-order valence-electron chi connectivity index (χ4n) is 3.52. The fraction of sp³-hybridized carbons (Fsp3) is 0.450. The molecule has 0 bridgehead atoms.